The molecule has 4 N–H and O–H groups in total. The van der Waals surface area contributed by atoms with E-state index in [9.17, 15) is 4.79 Å². The first-order chi connectivity index (χ1) is 11.6. The fourth-order valence-electron chi connectivity index (χ4n) is 4.31. The molecule has 0 unspecified atom stereocenters. The van der Waals surface area contributed by atoms with Gasteiger partial charge in [0.15, 0.2) is 0 Å². The number of fused-ring (bicyclic) bond motifs is 1. The highest BCUT2D eigenvalue weighted by molar-refractivity contribution is 5.85. The molecule has 3 saturated carbocycles. The average Bonchev–Trinajstić information content (AvgIpc) is 2.96. The van der Waals surface area contributed by atoms with Crippen LogP contribution in [0.25, 0.3) is 10.8 Å². The molecular formula is C18H21N5O. The van der Waals surface area contributed by atoms with Gasteiger partial charge in [0, 0.05) is 24.8 Å². The van der Waals surface area contributed by atoms with Gasteiger partial charge in [0.2, 0.25) is 0 Å². The van der Waals surface area contributed by atoms with Gasteiger partial charge < -0.3 is 15.7 Å². The van der Waals surface area contributed by atoms with Crippen molar-refractivity contribution in [2.24, 2.45) is 18.7 Å². The maximum atomic E-state index is 12.3. The summed E-state index contributed by atoms with van der Waals surface area (Å²) < 4.78 is 1.59. The van der Waals surface area contributed by atoms with Crippen LogP contribution in [0.15, 0.2) is 47.2 Å². The topological polar surface area (TPSA) is 75.3 Å². The molecule has 6 heteroatoms. The summed E-state index contributed by atoms with van der Waals surface area (Å²) in [5.74, 6) is 0.923. The zero-order chi connectivity index (χ0) is 16.5. The minimum atomic E-state index is -0.300. The molecule has 0 spiro atoms. The number of hydrazine groups is 2. The Bertz CT molecular complexity index is 914. The molecule has 2 aromatic rings. The van der Waals surface area contributed by atoms with Gasteiger partial charge >= 0.3 is 0 Å². The summed E-state index contributed by atoms with van der Waals surface area (Å²) in [7, 11) is 1.76. The second-order valence-corrected chi connectivity index (χ2v) is 7.41. The molecule has 3 aliphatic carbocycles. The molecule has 1 aliphatic heterocycles. The maximum Gasteiger partial charge on any atom is 0.258 e. The van der Waals surface area contributed by atoms with Gasteiger partial charge in [-0.15, -0.1) is 5.53 Å². The number of rotatable bonds is 3. The van der Waals surface area contributed by atoms with E-state index in [1.807, 2.05) is 24.3 Å². The Hall–Kier alpha value is -2.31. The third-order valence-corrected chi connectivity index (χ3v) is 5.93. The molecule has 2 bridgehead atoms. The number of hydrogen-bond donors (Lipinski definition) is 3. The Morgan fingerprint density at radius 1 is 1.25 bits per heavy atom. The zero-order valence-electron chi connectivity index (χ0n) is 13.6. The summed E-state index contributed by atoms with van der Waals surface area (Å²) in [6.07, 6.45) is 7.70. The molecule has 1 aromatic carbocycles. The van der Waals surface area contributed by atoms with E-state index < -0.39 is 0 Å². The maximum absolute atomic E-state index is 12.3. The third-order valence-electron chi connectivity index (χ3n) is 5.93. The summed E-state index contributed by atoms with van der Waals surface area (Å²) in [6, 6.07) is 7.43. The van der Waals surface area contributed by atoms with Crippen molar-refractivity contribution in [3.63, 3.8) is 0 Å². The van der Waals surface area contributed by atoms with Crippen LogP contribution in [0.3, 0.4) is 0 Å². The van der Waals surface area contributed by atoms with E-state index in [1.54, 1.807) is 17.8 Å². The predicted molar refractivity (Wildman–Crippen MR) is 92.4 cm³/mol. The van der Waals surface area contributed by atoms with Crippen LogP contribution in [-0.2, 0) is 7.05 Å². The van der Waals surface area contributed by atoms with E-state index in [2.05, 4.69) is 22.2 Å². The van der Waals surface area contributed by atoms with Crippen LogP contribution in [0.5, 0.6) is 0 Å². The van der Waals surface area contributed by atoms with Crippen LogP contribution in [0, 0.1) is 5.92 Å². The Balaban J connectivity index is 1.52. The largest absolute Gasteiger partial charge is 0.319 e. The smallest absolute Gasteiger partial charge is 0.258 e. The van der Waals surface area contributed by atoms with Gasteiger partial charge in [-0.3, -0.25) is 9.80 Å². The summed E-state index contributed by atoms with van der Waals surface area (Å²) in [5, 5.41) is 3.81. The first-order valence-electron chi connectivity index (χ1n) is 8.44. The van der Waals surface area contributed by atoms with Gasteiger partial charge in [0.25, 0.3) is 5.56 Å². The lowest BCUT2D eigenvalue weighted by Crippen LogP contribution is -2.69. The first kappa shape index (κ1) is 14.1. The Kier molecular flexibility index (Phi) is 2.71. The number of aromatic nitrogens is 1. The molecule has 2 heterocycles. The normalized spacial score (nSPS) is 28.8. The van der Waals surface area contributed by atoms with Crippen LogP contribution in [-0.4, -0.2) is 15.1 Å². The molecule has 6 nitrogen and oxygen atoms in total. The molecule has 6 rings (SSSR count). The molecule has 3 fully saturated rings. The number of nitrogens with zero attached hydrogens (tertiary/aromatic N) is 2. The number of aryl methyl sites for hydroxylation is 1. The highest BCUT2D eigenvalue weighted by atomic mass is 16.1. The Labute approximate surface area is 139 Å². The number of pyridine rings is 1. The molecular weight excluding hydrogens is 302 g/mol. The lowest BCUT2D eigenvalue weighted by atomic mass is 9.49. The number of hydrogen-bond acceptors (Lipinski definition) is 5. The van der Waals surface area contributed by atoms with Crippen molar-refractivity contribution in [3.05, 3.63) is 58.3 Å². The van der Waals surface area contributed by atoms with Crippen LogP contribution in [0.2, 0.25) is 0 Å². The Morgan fingerprint density at radius 3 is 2.75 bits per heavy atom. The van der Waals surface area contributed by atoms with Gasteiger partial charge in [0.05, 0.1) is 17.3 Å². The fourth-order valence-corrected chi connectivity index (χ4v) is 4.31. The van der Waals surface area contributed by atoms with Gasteiger partial charge in [-0.1, -0.05) is 12.1 Å². The van der Waals surface area contributed by atoms with Crippen LogP contribution in [0.4, 0.5) is 0 Å². The van der Waals surface area contributed by atoms with E-state index in [0.717, 1.165) is 22.6 Å². The zero-order valence-corrected chi connectivity index (χ0v) is 13.6. The molecule has 124 valence electrons. The van der Waals surface area contributed by atoms with E-state index in [-0.39, 0.29) is 11.6 Å². The van der Waals surface area contributed by atoms with Crippen LogP contribution >= 0.6 is 0 Å². The third kappa shape index (κ3) is 1.75. The number of nitrogens with two attached hydrogens (primary N) is 1. The molecule has 0 radical (unpaired) electrons. The summed E-state index contributed by atoms with van der Waals surface area (Å²) >= 11 is 0. The molecule has 0 saturated heterocycles. The molecule has 1 atom stereocenters. The van der Waals surface area contributed by atoms with Crippen molar-refractivity contribution in [2.75, 3.05) is 0 Å². The SMILES string of the molecule is Cn1ccc2c([C@H](N)C3=CN(C45CC(C4)C5)NN3)cccc2c1=O. The summed E-state index contributed by atoms with van der Waals surface area (Å²) in [6.45, 7) is 0. The highest BCUT2D eigenvalue weighted by Crippen LogP contribution is 2.60. The Morgan fingerprint density at radius 2 is 2.04 bits per heavy atom. The minimum absolute atomic E-state index is 0.00327. The molecule has 0 amide bonds. The minimum Gasteiger partial charge on any atom is -0.319 e. The standard InChI is InChI=1S/C18H21N5O/c1-22-6-5-12-13(3-2-4-14(12)17(22)24)16(19)15-10-23(21-20-15)18-7-11(8-18)9-18/h2-6,10-11,16,20-21H,7-9,19H2,1H3/t11?,16-,18?/m0/s1. The van der Waals surface area contributed by atoms with Gasteiger partial charge in [-0.05, 0) is 48.3 Å². The van der Waals surface area contributed by atoms with Crippen molar-refractivity contribution in [1.82, 2.24) is 20.5 Å². The average molecular weight is 323 g/mol. The van der Waals surface area contributed by atoms with Crippen molar-refractivity contribution in [3.8, 4) is 0 Å². The number of benzene rings is 1. The van der Waals surface area contributed by atoms with E-state index in [0.29, 0.717) is 10.9 Å². The van der Waals surface area contributed by atoms with Crippen molar-refractivity contribution < 1.29 is 0 Å². The number of nitrogens with one attached hydrogen (secondary N) is 2. The molecule has 1 aromatic heterocycles. The highest BCUT2D eigenvalue weighted by Gasteiger charge is 2.60. The predicted octanol–water partition coefficient (Wildman–Crippen LogP) is 1.26. The van der Waals surface area contributed by atoms with Crippen molar-refractivity contribution in [1.29, 1.82) is 0 Å². The van der Waals surface area contributed by atoms with E-state index in [4.69, 9.17) is 5.73 Å². The lowest BCUT2D eigenvalue weighted by molar-refractivity contribution is -0.141. The van der Waals surface area contributed by atoms with Gasteiger partial charge in [-0.2, -0.15) is 0 Å². The fraction of sp³-hybridized carbons (Fsp3) is 0.389. The quantitative estimate of drug-likeness (QED) is 0.793. The summed E-state index contributed by atoms with van der Waals surface area (Å²) in [4.78, 5) is 12.3. The lowest BCUT2D eigenvalue weighted by Gasteiger charge is -2.64. The van der Waals surface area contributed by atoms with Crippen LogP contribution < -0.4 is 22.3 Å². The second-order valence-electron chi connectivity index (χ2n) is 7.41. The summed E-state index contributed by atoms with van der Waals surface area (Å²) in [5.41, 5.74) is 15.2. The van der Waals surface area contributed by atoms with Crippen molar-refractivity contribution in [2.45, 2.75) is 30.8 Å². The van der Waals surface area contributed by atoms with Gasteiger partial charge in [0.1, 0.15) is 0 Å². The molecule has 4 aliphatic rings. The molecule has 24 heavy (non-hydrogen) atoms. The second kappa shape index (κ2) is 4.62. The van der Waals surface area contributed by atoms with E-state index >= 15 is 0 Å². The van der Waals surface area contributed by atoms with Crippen molar-refractivity contribution >= 4 is 10.8 Å². The van der Waals surface area contributed by atoms with Gasteiger partial charge in [-0.25, -0.2) is 0 Å². The van der Waals surface area contributed by atoms with E-state index in [1.165, 1.54) is 19.3 Å². The monoisotopic (exact) mass is 323 g/mol. The first-order valence-corrected chi connectivity index (χ1v) is 8.44. The van der Waals surface area contributed by atoms with Crippen LogP contribution in [0.1, 0.15) is 30.9 Å².